The predicted octanol–water partition coefficient (Wildman–Crippen LogP) is 3.09. The maximum Gasteiger partial charge on any atom is 0.136 e. The quantitative estimate of drug-likeness (QED) is 0.823. The largest absolute Gasteiger partial charge is 0.507 e. The van der Waals surface area contributed by atoms with E-state index in [1.165, 1.54) is 0 Å². The minimum absolute atomic E-state index is 0.338. The summed E-state index contributed by atoms with van der Waals surface area (Å²) in [6.45, 7) is 5.67. The summed E-state index contributed by atoms with van der Waals surface area (Å²) in [5, 5.41) is 9.70. The van der Waals surface area contributed by atoms with Gasteiger partial charge in [-0.15, -0.1) is 0 Å². The lowest BCUT2D eigenvalue weighted by Gasteiger charge is -2.14. The van der Waals surface area contributed by atoms with Crippen LogP contribution < -0.4 is 4.74 Å². The molecule has 0 bridgehead atoms. The molecule has 0 amide bonds. The zero-order valence-electron chi connectivity index (χ0n) is 8.23. The summed E-state index contributed by atoms with van der Waals surface area (Å²) >= 11 is 3.39. The van der Waals surface area contributed by atoms with Gasteiger partial charge in [-0.05, 0) is 47.8 Å². The summed E-state index contributed by atoms with van der Waals surface area (Å²) in [5.41, 5.74) is 2.66. The number of hydrogen-bond acceptors (Lipinski definition) is 2. The molecule has 1 aromatic rings. The van der Waals surface area contributed by atoms with Crippen LogP contribution in [0.25, 0.3) is 0 Å². The van der Waals surface area contributed by atoms with E-state index in [2.05, 4.69) is 15.9 Å². The third-order valence-corrected chi connectivity index (χ3v) is 3.30. The predicted molar refractivity (Wildman–Crippen MR) is 56.6 cm³/mol. The van der Waals surface area contributed by atoms with E-state index >= 15 is 0 Å². The lowest BCUT2D eigenvalue weighted by molar-refractivity contribution is 0.404. The van der Waals surface area contributed by atoms with Crippen LogP contribution in [0.4, 0.5) is 0 Å². The average molecular weight is 245 g/mol. The van der Waals surface area contributed by atoms with E-state index in [9.17, 15) is 5.11 Å². The number of halogens is 1. The van der Waals surface area contributed by atoms with Crippen LogP contribution in [0.1, 0.15) is 16.7 Å². The van der Waals surface area contributed by atoms with Crippen molar-refractivity contribution in [3.05, 3.63) is 21.2 Å². The first-order chi connectivity index (χ1) is 6.00. The van der Waals surface area contributed by atoms with E-state index in [-0.39, 0.29) is 0 Å². The second-order valence-electron chi connectivity index (χ2n) is 3.07. The van der Waals surface area contributed by atoms with Gasteiger partial charge in [-0.2, -0.15) is 0 Å². The number of ether oxygens (including phenoxy) is 1. The third kappa shape index (κ3) is 1.53. The molecule has 0 saturated carbocycles. The average Bonchev–Trinajstić information content (AvgIpc) is 2.13. The van der Waals surface area contributed by atoms with E-state index in [0.717, 1.165) is 26.9 Å². The molecule has 1 aromatic carbocycles. The fourth-order valence-electron chi connectivity index (χ4n) is 1.31. The number of benzene rings is 1. The van der Waals surface area contributed by atoms with Gasteiger partial charge in [0.2, 0.25) is 0 Å². The van der Waals surface area contributed by atoms with Crippen molar-refractivity contribution in [2.24, 2.45) is 0 Å². The van der Waals surface area contributed by atoms with Gasteiger partial charge in [0.05, 0.1) is 11.6 Å². The Labute approximate surface area is 86.7 Å². The standard InChI is InChI=1S/C10H13BrO2/c1-5-6(2)10(13-4)8(11)7(3)9(5)12/h12H,1-4H3. The summed E-state index contributed by atoms with van der Waals surface area (Å²) in [6, 6.07) is 0. The van der Waals surface area contributed by atoms with Crippen molar-refractivity contribution in [3.8, 4) is 11.5 Å². The molecule has 0 saturated heterocycles. The van der Waals surface area contributed by atoms with Gasteiger partial charge in [0.1, 0.15) is 11.5 Å². The lowest BCUT2D eigenvalue weighted by Crippen LogP contribution is -1.94. The van der Waals surface area contributed by atoms with Crippen molar-refractivity contribution >= 4 is 15.9 Å². The van der Waals surface area contributed by atoms with Crippen molar-refractivity contribution in [1.29, 1.82) is 0 Å². The SMILES string of the molecule is COc1c(C)c(C)c(O)c(C)c1Br. The van der Waals surface area contributed by atoms with Gasteiger partial charge >= 0.3 is 0 Å². The van der Waals surface area contributed by atoms with E-state index in [1.807, 2.05) is 20.8 Å². The molecule has 1 N–H and O–H groups in total. The van der Waals surface area contributed by atoms with Crippen LogP contribution >= 0.6 is 15.9 Å². The van der Waals surface area contributed by atoms with Gasteiger partial charge in [-0.25, -0.2) is 0 Å². The molecule has 0 heterocycles. The first kappa shape index (κ1) is 10.4. The van der Waals surface area contributed by atoms with Gasteiger partial charge in [-0.3, -0.25) is 0 Å². The molecule has 0 spiro atoms. The molecule has 0 unspecified atom stereocenters. The molecule has 0 aliphatic heterocycles. The highest BCUT2D eigenvalue weighted by atomic mass is 79.9. The van der Waals surface area contributed by atoms with Crippen molar-refractivity contribution < 1.29 is 9.84 Å². The lowest BCUT2D eigenvalue weighted by atomic mass is 10.0. The Bertz CT molecular complexity index is 316. The molecule has 0 aromatic heterocycles. The van der Waals surface area contributed by atoms with Crippen LogP contribution in [-0.4, -0.2) is 12.2 Å². The molecule has 0 fully saturated rings. The van der Waals surface area contributed by atoms with Crippen molar-refractivity contribution in [2.75, 3.05) is 7.11 Å². The van der Waals surface area contributed by atoms with Gasteiger partial charge in [-0.1, -0.05) is 0 Å². The number of rotatable bonds is 1. The monoisotopic (exact) mass is 244 g/mol. The third-order valence-electron chi connectivity index (χ3n) is 2.35. The fourth-order valence-corrected chi connectivity index (χ4v) is 1.96. The number of phenolic OH excluding ortho intramolecular Hbond substituents is 1. The number of hydrogen-bond donors (Lipinski definition) is 1. The number of methoxy groups -OCH3 is 1. The second-order valence-corrected chi connectivity index (χ2v) is 3.86. The highest BCUT2D eigenvalue weighted by molar-refractivity contribution is 9.10. The van der Waals surface area contributed by atoms with Gasteiger partial charge in [0, 0.05) is 5.56 Å². The Hall–Kier alpha value is -0.700. The zero-order chi connectivity index (χ0) is 10.2. The van der Waals surface area contributed by atoms with Crippen LogP contribution in [0, 0.1) is 20.8 Å². The van der Waals surface area contributed by atoms with Crippen LogP contribution in [0.5, 0.6) is 11.5 Å². The molecule has 13 heavy (non-hydrogen) atoms. The van der Waals surface area contributed by atoms with Gasteiger partial charge < -0.3 is 9.84 Å². The number of phenols is 1. The van der Waals surface area contributed by atoms with Crippen molar-refractivity contribution in [2.45, 2.75) is 20.8 Å². The van der Waals surface area contributed by atoms with E-state index < -0.39 is 0 Å². The fraction of sp³-hybridized carbons (Fsp3) is 0.400. The summed E-state index contributed by atoms with van der Waals surface area (Å²) in [4.78, 5) is 0. The molecule has 0 aliphatic rings. The molecule has 2 nitrogen and oxygen atoms in total. The normalized spacial score (nSPS) is 10.2. The van der Waals surface area contributed by atoms with Crippen molar-refractivity contribution in [3.63, 3.8) is 0 Å². The summed E-state index contributed by atoms with van der Waals surface area (Å²) < 4.78 is 6.06. The second kappa shape index (κ2) is 3.58. The maximum absolute atomic E-state index is 9.70. The molecular weight excluding hydrogens is 232 g/mol. The summed E-state index contributed by atoms with van der Waals surface area (Å²) in [5.74, 6) is 1.14. The molecular formula is C10H13BrO2. The minimum Gasteiger partial charge on any atom is -0.507 e. The Morgan fingerprint density at radius 3 is 2.08 bits per heavy atom. The van der Waals surface area contributed by atoms with E-state index in [1.54, 1.807) is 7.11 Å². The van der Waals surface area contributed by atoms with Crippen LogP contribution in [0.2, 0.25) is 0 Å². The minimum atomic E-state index is 0.338. The van der Waals surface area contributed by atoms with Crippen LogP contribution in [-0.2, 0) is 0 Å². The number of aromatic hydroxyl groups is 1. The molecule has 0 aliphatic carbocycles. The highest BCUT2D eigenvalue weighted by Gasteiger charge is 2.14. The van der Waals surface area contributed by atoms with Crippen LogP contribution in [0.3, 0.4) is 0 Å². The molecule has 0 radical (unpaired) electrons. The molecule has 1 rings (SSSR count). The molecule has 3 heteroatoms. The summed E-state index contributed by atoms with van der Waals surface area (Å²) in [7, 11) is 1.63. The van der Waals surface area contributed by atoms with E-state index in [4.69, 9.17) is 4.74 Å². The van der Waals surface area contributed by atoms with Gasteiger partial charge in [0.25, 0.3) is 0 Å². The van der Waals surface area contributed by atoms with Gasteiger partial charge in [0.15, 0.2) is 0 Å². The Morgan fingerprint density at radius 1 is 1.08 bits per heavy atom. The zero-order valence-corrected chi connectivity index (χ0v) is 9.82. The smallest absolute Gasteiger partial charge is 0.136 e. The molecule has 0 atom stereocenters. The van der Waals surface area contributed by atoms with Crippen LogP contribution in [0.15, 0.2) is 4.47 Å². The first-order valence-corrected chi connectivity index (χ1v) is 4.82. The van der Waals surface area contributed by atoms with Crippen molar-refractivity contribution in [1.82, 2.24) is 0 Å². The Kier molecular flexibility index (Phi) is 2.86. The maximum atomic E-state index is 9.70. The Morgan fingerprint density at radius 2 is 1.62 bits per heavy atom. The molecule has 72 valence electrons. The first-order valence-electron chi connectivity index (χ1n) is 4.02. The highest BCUT2D eigenvalue weighted by Crippen LogP contribution is 2.39. The Balaban J connectivity index is 3.56. The summed E-state index contributed by atoms with van der Waals surface area (Å²) in [6.07, 6.45) is 0. The van der Waals surface area contributed by atoms with E-state index in [0.29, 0.717) is 5.75 Å². The topological polar surface area (TPSA) is 29.5 Å².